The summed E-state index contributed by atoms with van der Waals surface area (Å²) in [7, 11) is 0. The van der Waals surface area contributed by atoms with Gasteiger partial charge in [0.1, 0.15) is 0 Å². The quantitative estimate of drug-likeness (QED) is 0.674. The SMILES string of the molecule is N#C[Se]c1c(-c2cccc(C#N)c2)nc2ccccn12. The van der Waals surface area contributed by atoms with Crippen LogP contribution in [-0.4, -0.2) is 24.3 Å². The first-order chi connectivity index (χ1) is 9.83. The first kappa shape index (κ1) is 12.4. The summed E-state index contributed by atoms with van der Waals surface area (Å²) in [6.45, 7) is 0. The van der Waals surface area contributed by atoms with E-state index in [4.69, 9.17) is 10.5 Å². The van der Waals surface area contributed by atoms with Crippen molar-refractivity contribution in [1.29, 1.82) is 10.5 Å². The number of hydrogen-bond donors (Lipinski definition) is 0. The second-order valence-corrected chi connectivity index (χ2v) is 5.70. The molecule has 0 N–H and O–H groups in total. The summed E-state index contributed by atoms with van der Waals surface area (Å²) >= 11 is -0.321. The van der Waals surface area contributed by atoms with E-state index >= 15 is 0 Å². The van der Waals surface area contributed by atoms with Crippen molar-refractivity contribution in [3.63, 3.8) is 0 Å². The Kier molecular flexibility index (Phi) is 3.23. The van der Waals surface area contributed by atoms with Gasteiger partial charge in [-0.25, -0.2) is 0 Å². The Morgan fingerprint density at radius 2 is 2.00 bits per heavy atom. The van der Waals surface area contributed by atoms with E-state index in [9.17, 15) is 0 Å². The minimum absolute atomic E-state index is 0.321. The van der Waals surface area contributed by atoms with E-state index in [0.29, 0.717) is 5.56 Å². The molecule has 0 amide bonds. The van der Waals surface area contributed by atoms with Gasteiger partial charge in [0.15, 0.2) is 0 Å². The second-order valence-electron chi connectivity index (χ2n) is 4.08. The van der Waals surface area contributed by atoms with Gasteiger partial charge >= 0.3 is 122 Å². The van der Waals surface area contributed by atoms with Gasteiger partial charge in [0, 0.05) is 0 Å². The van der Waals surface area contributed by atoms with Crippen molar-refractivity contribution in [3.05, 3.63) is 54.2 Å². The standard InChI is InChI=1S/C15H8N4Se/c16-9-11-4-3-5-12(8-11)14-15(20-10-17)19-7-2-1-6-13(19)18-14/h1-8H. The van der Waals surface area contributed by atoms with Gasteiger partial charge in [-0.2, -0.15) is 0 Å². The number of aromatic nitrogens is 2. The molecule has 3 rings (SSSR count). The minimum atomic E-state index is -0.321. The summed E-state index contributed by atoms with van der Waals surface area (Å²) in [6.07, 6.45) is 1.91. The summed E-state index contributed by atoms with van der Waals surface area (Å²) < 4.78 is 2.85. The van der Waals surface area contributed by atoms with Crippen molar-refractivity contribution in [2.75, 3.05) is 0 Å². The maximum atomic E-state index is 9.05. The molecule has 0 bridgehead atoms. The van der Waals surface area contributed by atoms with Gasteiger partial charge in [-0.05, 0) is 0 Å². The number of benzene rings is 1. The Balaban J connectivity index is 2.27. The first-order valence-corrected chi connectivity index (χ1v) is 7.58. The zero-order valence-corrected chi connectivity index (χ0v) is 12.0. The van der Waals surface area contributed by atoms with E-state index in [1.54, 1.807) is 12.1 Å². The van der Waals surface area contributed by atoms with Gasteiger partial charge < -0.3 is 0 Å². The Hall–Kier alpha value is -2.59. The average Bonchev–Trinajstić information content (AvgIpc) is 2.87. The predicted molar refractivity (Wildman–Crippen MR) is 76.3 cm³/mol. The average molecular weight is 323 g/mol. The molecule has 2 aromatic heterocycles. The van der Waals surface area contributed by atoms with Crippen LogP contribution >= 0.6 is 0 Å². The molecule has 2 heterocycles. The monoisotopic (exact) mass is 324 g/mol. The van der Waals surface area contributed by atoms with Gasteiger partial charge in [-0.15, -0.1) is 0 Å². The van der Waals surface area contributed by atoms with Crippen LogP contribution in [0.4, 0.5) is 0 Å². The van der Waals surface area contributed by atoms with E-state index in [2.05, 4.69) is 16.0 Å². The summed E-state index contributed by atoms with van der Waals surface area (Å²) in [6, 6.07) is 15.2. The first-order valence-electron chi connectivity index (χ1n) is 5.87. The molecule has 4 nitrogen and oxygen atoms in total. The molecule has 0 aliphatic heterocycles. The van der Waals surface area contributed by atoms with E-state index in [1.165, 1.54) is 0 Å². The molecule has 0 atom stereocenters. The molecule has 0 spiro atoms. The van der Waals surface area contributed by atoms with Crippen molar-refractivity contribution in [2.24, 2.45) is 0 Å². The number of pyridine rings is 1. The summed E-state index contributed by atoms with van der Waals surface area (Å²) in [5.74, 6) is 0. The fraction of sp³-hybridized carbons (Fsp3) is 0. The summed E-state index contributed by atoms with van der Waals surface area (Å²) in [4.78, 5) is 6.83. The van der Waals surface area contributed by atoms with Crippen LogP contribution in [0, 0.1) is 21.6 Å². The zero-order valence-electron chi connectivity index (χ0n) is 10.3. The van der Waals surface area contributed by atoms with E-state index < -0.39 is 0 Å². The van der Waals surface area contributed by atoms with Crippen molar-refractivity contribution < 1.29 is 0 Å². The van der Waals surface area contributed by atoms with Crippen LogP contribution in [0.5, 0.6) is 0 Å². The van der Waals surface area contributed by atoms with Crippen molar-refractivity contribution in [1.82, 2.24) is 9.38 Å². The third-order valence-electron chi connectivity index (χ3n) is 2.89. The molecular weight excluding hydrogens is 315 g/mol. The number of imidazole rings is 1. The topological polar surface area (TPSA) is 64.9 Å². The Morgan fingerprint density at radius 1 is 1.10 bits per heavy atom. The van der Waals surface area contributed by atoms with Crippen LogP contribution in [0.25, 0.3) is 16.9 Å². The van der Waals surface area contributed by atoms with Gasteiger partial charge in [0.2, 0.25) is 0 Å². The molecule has 0 fully saturated rings. The number of rotatable bonds is 2. The fourth-order valence-electron chi connectivity index (χ4n) is 2.04. The molecule has 0 saturated heterocycles. The molecule has 1 aromatic carbocycles. The Bertz CT molecular complexity index is 867. The molecule has 94 valence electrons. The summed E-state index contributed by atoms with van der Waals surface area (Å²) in [5, 5.41) is 18.1. The van der Waals surface area contributed by atoms with E-state index in [1.807, 2.05) is 40.9 Å². The van der Waals surface area contributed by atoms with Crippen molar-refractivity contribution in [3.8, 4) is 22.3 Å². The van der Waals surface area contributed by atoms with Crippen LogP contribution < -0.4 is 4.59 Å². The van der Waals surface area contributed by atoms with E-state index in [-0.39, 0.29) is 15.0 Å². The predicted octanol–water partition coefficient (Wildman–Crippen LogP) is 1.68. The van der Waals surface area contributed by atoms with E-state index in [0.717, 1.165) is 21.5 Å². The zero-order chi connectivity index (χ0) is 13.9. The third kappa shape index (κ3) is 2.06. The Labute approximate surface area is 122 Å². The number of hydrogen-bond acceptors (Lipinski definition) is 3. The van der Waals surface area contributed by atoms with Crippen LogP contribution in [0.1, 0.15) is 5.56 Å². The van der Waals surface area contributed by atoms with Gasteiger partial charge in [0.25, 0.3) is 0 Å². The number of nitriles is 2. The van der Waals surface area contributed by atoms with Gasteiger partial charge in [-0.1, -0.05) is 0 Å². The van der Waals surface area contributed by atoms with Gasteiger partial charge in [0.05, 0.1) is 0 Å². The van der Waals surface area contributed by atoms with Crippen LogP contribution in [0.15, 0.2) is 48.7 Å². The normalized spacial score (nSPS) is 10.1. The Morgan fingerprint density at radius 3 is 2.80 bits per heavy atom. The number of nitrogens with zero attached hydrogens (tertiary/aromatic N) is 4. The van der Waals surface area contributed by atoms with Crippen LogP contribution in [0.2, 0.25) is 0 Å². The van der Waals surface area contributed by atoms with Crippen LogP contribution in [-0.2, 0) is 0 Å². The number of fused-ring (bicyclic) bond motifs is 1. The van der Waals surface area contributed by atoms with Gasteiger partial charge in [-0.3, -0.25) is 0 Å². The molecule has 0 unspecified atom stereocenters. The van der Waals surface area contributed by atoms with Crippen LogP contribution in [0.3, 0.4) is 0 Å². The molecule has 20 heavy (non-hydrogen) atoms. The molecular formula is C15H8N4Se. The maximum absolute atomic E-state index is 9.05. The third-order valence-corrected chi connectivity index (χ3v) is 4.31. The summed E-state index contributed by atoms with van der Waals surface area (Å²) in [5.41, 5.74) is 3.07. The van der Waals surface area contributed by atoms with Crippen molar-refractivity contribution >= 4 is 25.2 Å². The van der Waals surface area contributed by atoms with Crippen molar-refractivity contribution in [2.45, 2.75) is 0 Å². The molecule has 0 aliphatic rings. The second kappa shape index (κ2) is 5.19. The molecule has 0 radical (unpaired) electrons. The molecule has 3 aromatic rings. The molecule has 0 saturated carbocycles. The molecule has 0 aliphatic carbocycles. The fourth-order valence-corrected chi connectivity index (χ4v) is 3.30. The molecule has 5 heteroatoms.